The summed E-state index contributed by atoms with van der Waals surface area (Å²) in [5.74, 6) is -0.422. The third-order valence-electron chi connectivity index (χ3n) is 3.83. The van der Waals surface area contributed by atoms with E-state index in [0.717, 1.165) is 31.2 Å². The molecule has 1 saturated carbocycles. The number of esters is 1. The number of ether oxygens (including phenoxy) is 1. The Morgan fingerprint density at radius 2 is 2.10 bits per heavy atom. The van der Waals surface area contributed by atoms with Gasteiger partial charge < -0.3 is 20.2 Å². The van der Waals surface area contributed by atoms with Crippen LogP contribution in [-0.4, -0.2) is 25.0 Å². The van der Waals surface area contributed by atoms with Crippen LogP contribution in [0.2, 0.25) is 0 Å². The van der Waals surface area contributed by atoms with Gasteiger partial charge in [-0.2, -0.15) is 0 Å². The quantitative estimate of drug-likeness (QED) is 0.790. The first kappa shape index (κ1) is 14.6. The van der Waals surface area contributed by atoms with Crippen molar-refractivity contribution in [2.45, 2.75) is 38.3 Å². The summed E-state index contributed by atoms with van der Waals surface area (Å²) < 4.78 is 9.79. The highest BCUT2D eigenvalue weighted by atomic mass is 16.5. The van der Waals surface area contributed by atoms with Crippen molar-refractivity contribution in [3.05, 3.63) is 23.7 Å². The van der Waals surface area contributed by atoms with Gasteiger partial charge in [0, 0.05) is 24.1 Å². The molecule has 1 amide bonds. The lowest BCUT2D eigenvalue weighted by atomic mass is 9.85. The van der Waals surface area contributed by atoms with E-state index in [2.05, 4.69) is 10.1 Å². The van der Waals surface area contributed by atoms with Crippen molar-refractivity contribution in [3.8, 4) is 0 Å². The highest BCUT2D eigenvalue weighted by Gasteiger charge is 2.25. The summed E-state index contributed by atoms with van der Waals surface area (Å²) >= 11 is 0. The van der Waals surface area contributed by atoms with Crippen molar-refractivity contribution >= 4 is 11.9 Å². The van der Waals surface area contributed by atoms with E-state index in [-0.39, 0.29) is 17.6 Å². The second kappa shape index (κ2) is 6.56. The topological polar surface area (TPSA) is 94.6 Å². The molecule has 1 fully saturated rings. The van der Waals surface area contributed by atoms with Crippen molar-refractivity contribution in [2.24, 2.45) is 11.7 Å². The van der Waals surface area contributed by atoms with Gasteiger partial charge in [0.2, 0.25) is 11.7 Å². The van der Waals surface area contributed by atoms with Crippen molar-refractivity contribution < 1.29 is 18.7 Å². The monoisotopic (exact) mass is 280 g/mol. The Kier molecular flexibility index (Phi) is 4.79. The van der Waals surface area contributed by atoms with Gasteiger partial charge in [-0.05, 0) is 31.7 Å². The predicted molar refractivity (Wildman–Crippen MR) is 71.8 cm³/mol. The molecule has 0 atom stereocenters. The van der Waals surface area contributed by atoms with Gasteiger partial charge in [-0.15, -0.1) is 0 Å². The fraction of sp³-hybridized carbons (Fsp3) is 0.571. The lowest BCUT2D eigenvalue weighted by molar-refractivity contribution is -0.122. The number of nitrogens with one attached hydrogen (secondary N) is 1. The number of carbonyl (C=O) groups is 2. The molecular formula is C14H20N2O4. The van der Waals surface area contributed by atoms with E-state index in [9.17, 15) is 9.59 Å². The zero-order valence-electron chi connectivity index (χ0n) is 11.6. The fourth-order valence-corrected chi connectivity index (χ4v) is 2.58. The van der Waals surface area contributed by atoms with Crippen LogP contribution in [0, 0.1) is 5.92 Å². The number of amides is 1. The Bertz CT molecular complexity index is 475. The van der Waals surface area contributed by atoms with E-state index in [0.29, 0.717) is 12.6 Å². The van der Waals surface area contributed by atoms with Gasteiger partial charge in [-0.25, -0.2) is 4.79 Å². The van der Waals surface area contributed by atoms with Crippen LogP contribution in [0.4, 0.5) is 0 Å². The summed E-state index contributed by atoms with van der Waals surface area (Å²) in [4.78, 5) is 22.6. The number of methoxy groups -OCH3 is 1. The summed E-state index contributed by atoms with van der Waals surface area (Å²) in [6, 6.07) is 2.10. The Morgan fingerprint density at radius 1 is 1.40 bits per heavy atom. The lowest BCUT2D eigenvalue weighted by Crippen LogP contribution is -2.36. The smallest absolute Gasteiger partial charge is 0.374 e. The number of hydrogen-bond donors (Lipinski definition) is 2. The van der Waals surface area contributed by atoms with E-state index in [1.807, 2.05) is 0 Å². The first-order chi connectivity index (χ1) is 9.61. The molecule has 2 rings (SSSR count). The molecule has 0 aliphatic heterocycles. The molecule has 0 radical (unpaired) electrons. The Balaban J connectivity index is 1.83. The van der Waals surface area contributed by atoms with Gasteiger partial charge in [0.25, 0.3) is 0 Å². The van der Waals surface area contributed by atoms with Crippen molar-refractivity contribution in [3.63, 3.8) is 0 Å². The summed E-state index contributed by atoms with van der Waals surface area (Å²) in [5.41, 5.74) is 6.10. The first-order valence-corrected chi connectivity index (χ1v) is 6.79. The van der Waals surface area contributed by atoms with E-state index in [1.165, 1.54) is 13.4 Å². The predicted octanol–water partition coefficient (Wildman–Crippen LogP) is 1.20. The minimum absolute atomic E-state index is 0.00704. The molecule has 1 aliphatic carbocycles. The van der Waals surface area contributed by atoms with Gasteiger partial charge in [0.15, 0.2) is 0 Å². The SMILES string of the molecule is COC(=O)c1occc1CNC1CCC(C(N)=O)CC1. The Hall–Kier alpha value is -1.82. The standard InChI is InChI=1S/C14H20N2O4/c1-19-14(18)12-10(6-7-20-12)8-16-11-4-2-9(3-5-11)13(15)17/h6-7,9,11,16H,2-5,8H2,1H3,(H2,15,17). The molecular weight excluding hydrogens is 260 g/mol. The van der Waals surface area contributed by atoms with Crippen LogP contribution in [0.5, 0.6) is 0 Å². The average molecular weight is 280 g/mol. The number of rotatable bonds is 5. The first-order valence-electron chi connectivity index (χ1n) is 6.79. The zero-order chi connectivity index (χ0) is 14.5. The van der Waals surface area contributed by atoms with Gasteiger partial charge in [0.1, 0.15) is 0 Å². The van der Waals surface area contributed by atoms with Crippen molar-refractivity contribution in [2.75, 3.05) is 7.11 Å². The van der Waals surface area contributed by atoms with Crippen LogP contribution in [0.25, 0.3) is 0 Å². The molecule has 1 heterocycles. The summed E-state index contributed by atoms with van der Waals surface area (Å²) in [5, 5.41) is 3.38. The molecule has 1 aliphatic rings. The van der Waals surface area contributed by atoms with Gasteiger partial charge in [0.05, 0.1) is 13.4 Å². The number of primary amides is 1. The van der Waals surface area contributed by atoms with Gasteiger partial charge in [-0.1, -0.05) is 0 Å². The maximum absolute atomic E-state index is 11.5. The summed E-state index contributed by atoms with van der Waals surface area (Å²) in [7, 11) is 1.33. The van der Waals surface area contributed by atoms with Crippen LogP contribution in [0.3, 0.4) is 0 Å². The maximum Gasteiger partial charge on any atom is 0.374 e. The number of nitrogens with two attached hydrogens (primary N) is 1. The molecule has 1 aromatic rings. The highest BCUT2D eigenvalue weighted by Crippen LogP contribution is 2.24. The molecule has 0 saturated heterocycles. The van der Waals surface area contributed by atoms with Crippen LogP contribution in [0.1, 0.15) is 41.8 Å². The molecule has 0 unspecified atom stereocenters. The van der Waals surface area contributed by atoms with E-state index >= 15 is 0 Å². The lowest BCUT2D eigenvalue weighted by Gasteiger charge is -2.27. The van der Waals surface area contributed by atoms with Crippen molar-refractivity contribution in [1.29, 1.82) is 0 Å². The third kappa shape index (κ3) is 3.39. The van der Waals surface area contributed by atoms with E-state index in [1.54, 1.807) is 6.07 Å². The molecule has 0 spiro atoms. The maximum atomic E-state index is 11.5. The minimum atomic E-state index is -0.468. The number of hydrogen-bond acceptors (Lipinski definition) is 5. The molecule has 6 heteroatoms. The van der Waals surface area contributed by atoms with Gasteiger partial charge >= 0.3 is 5.97 Å². The zero-order valence-corrected chi connectivity index (χ0v) is 11.6. The second-order valence-corrected chi connectivity index (χ2v) is 5.10. The molecule has 1 aromatic heterocycles. The van der Waals surface area contributed by atoms with Crippen LogP contribution in [0.15, 0.2) is 16.7 Å². The highest BCUT2D eigenvalue weighted by molar-refractivity contribution is 5.87. The van der Waals surface area contributed by atoms with E-state index in [4.69, 9.17) is 10.2 Å². The van der Waals surface area contributed by atoms with E-state index < -0.39 is 5.97 Å². The van der Waals surface area contributed by atoms with Crippen LogP contribution in [-0.2, 0) is 16.1 Å². The summed E-state index contributed by atoms with van der Waals surface area (Å²) in [6.45, 7) is 0.548. The Morgan fingerprint density at radius 3 is 2.70 bits per heavy atom. The number of carbonyl (C=O) groups excluding carboxylic acids is 2. The molecule has 20 heavy (non-hydrogen) atoms. The molecule has 110 valence electrons. The fourth-order valence-electron chi connectivity index (χ4n) is 2.58. The van der Waals surface area contributed by atoms with Crippen LogP contribution >= 0.6 is 0 Å². The third-order valence-corrected chi connectivity index (χ3v) is 3.83. The molecule has 6 nitrogen and oxygen atoms in total. The molecule has 0 aromatic carbocycles. The normalized spacial score (nSPS) is 22.4. The van der Waals surface area contributed by atoms with Crippen molar-refractivity contribution in [1.82, 2.24) is 5.32 Å². The number of furan rings is 1. The Labute approximate surface area is 117 Å². The van der Waals surface area contributed by atoms with Crippen LogP contribution < -0.4 is 11.1 Å². The largest absolute Gasteiger partial charge is 0.463 e. The van der Waals surface area contributed by atoms with Gasteiger partial charge in [-0.3, -0.25) is 4.79 Å². The minimum Gasteiger partial charge on any atom is -0.463 e. The second-order valence-electron chi connectivity index (χ2n) is 5.10. The summed E-state index contributed by atoms with van der Waals surface area (Å²) in [6.07, 6.45) is 4.95. The molecule has 3 N–H and O–H groups in total. The molecule has 0 bridgehead atoms. The average Bonchev–Trinajstić information content (AvgIpc) is 2.93.